The number of hydrogen-bond donors (Lipinski definition) is 3. The van der Waals surface area contributed by atoms with Crippen molar-refractivity contribution in [3.63, 3.8) is 0 Å². The zero-order valence-electron chi connectivity index (χ0n) is 27.5. The number of unbranched alkanes of at least 4 members (excludes halogenated alkanes) is 7. The molecule has 0 radical (unpaired) electrons. The summed E-state index contributed by atoms with van der Waals surface area (Å²) in [5, 5.41) is 14.2. The summed E-state index contributed by atoms with van der Waals surface area (Å²) in [6, 6.07) is -0.612. The Kier molecular flexibility index (Phi) is 25.4. The van der Waals surface area contributed by atoms with Crippen LogP contribution in [0.25, 0.3) is 0 Å². The molecule has 0 aliphatic carbocycles. The number of carbonyl (C=O) groups excluding carboxylic acids is 3. The zero-order valence-corrected chi connectivity index (χ0v) is 28.3. The fourth-order valence-electron chi connectivity index (χ4n) is 4.25. The normalized spacial score (nSPS) is 12.2. The van der Waals surface area contributed by atoms with Gasteiger partial charge in [0.2, 0.25) is 11.8 Å². The first-order chi connectivity index (χ1) is 20.5. The van der Waals surface area contributed by atoms with Gasteiger partial charge in [0.1, 0.15) is 18.2 Å². The maximum Gasteiger partial charge on any atom is 0.329 e. The summed E-state index contributed by atoms with van der Waals surface area (Å²) in [5.74, 6) is 0.809. The monoisotopic (exact) mass is 632 g/mol. The number of rotatable bonds is 29. The Balaban J connectivity index is 3.67. The van der Waals surface area contributed by atoms with Crippen molar-refractivity contribution in [2.45, 2.75) is 130 Å². The van der Waals surface area contributed by atoms with E-state index in [0.29, 0.717) is 32.6 Å². The lowest BCUT2D eigenvalue weighted by atomic mass is 10.00. The molecule has 0 rings (SSSR count). The van der Waals surface area contributed by atoms with Gasteiger partial charge in [0.15, 0.2) is 0 Å². The van der Waals surface area contributed by atoms with Gasteiger partial charge in [-0.2, -0.15) is 11.8 Å². The summed E-state index contributed by atoms with van der Waals surface area (Å²) < 4.78 is 15.9. The molecule has 252 valence electrons. The maximum absolute atomic E-state index is 12.7. The first-order valence-corrected chi connectivity index (χ1v) is 17.4. The third kappa shape index (κ3) is 26.3. The lowest BCUT2D eigenvalue weighted by molar-refractivity contribution is -0.162. The fourth-order valence-corrected chi connectivity index (χ4v) is 5.27. The Bertz CT molecular complexity index is 764. The highest BCUT2D eigenvalue weighted by atomic mass is 32.2. The van der Waals surface area contributed by atoms with Crippen molar-refractivity contribution in [1.82, 2.24) is 10.6 Å². The van der Waals surface area contributed by atoms with E-state index < -0.39 is 17.6 Å². The Labute approximate surface area is 264 Å². The van der Waals surface area contributed by atoms with Crippen molar-refractivity contribution in [2.75, 3.05) is 44.5 Å². The predicted molar refractivity (Wildman–Crippen MR) is 172 cm³/mol. The molecule has 0 spiro atoms. The quantitative estimate of drug-likeness (QED) is 0.0719. The maximum atomic E-state index is 12.7. The van der Waals surface area contributed by atoms with E-state index in [9.17, 15) is 19.2 Å². The topological polar surface area (TPSA) is 140 Å². The number of carbonyl (C=O) groups is 4. The largest absolute Gasteiger partial charge is 0.480 e. The summed E-state index contributed by atoms with van der Waals surface area (Å²) in [4.78, 5) is 47.3. The Morgan fingerprint density at radius 2 is 1.37 bits per heavy atom. The van der Waals surface area contributed by atoms with Gasteiger partial charge in [0.25, 0.3) is 0 Å². The zero-order chi connectivity index (χ0) is 32.3. The average molecular weight is 633 g/mol. The number of carboxylic acid groups (broad SMARTS) is 1. The minimum absolute atomic E-state index is 0.0277. The molecule has 10 nitrogen and oxygen atoms in total. The molecule has 0 aromatic heterocycles. The number of thioether (sulfide) groups is 1. The van der Waals surface area contributed by atoms with Crippen LogP contribution in [0.4, 0.5) is 0 Å². The van der Waals surface area contributed by atoms with Crippen LogP contribution < -0.4 is 10.6 Å². The first kappa shape index (κ1) is 41.1. The Morgan fingerprint density at radius 3 is 2.00 bits per heavy atom. The third-order valence-corrected chi connectivity index (χ3v) is 7.95. The van der Waals surface area contributed by atoms with Crippen LogP contribution in [0.3, 0.4) is 0 Å². The molecule has 2 amide bonds. The van der Waals surface area contributed by atoms with Gasteiger partial charge in [-0.1, -0.05) is 52.9 Å². The molecule has 0 saturated heterocycles. The third-order valence-electron chi connectivity index (χ3n) is 6.80. The molecule has 3 N–H and O–H groups in total. The van der Waals surface area contributed by atoms with E-state index >= 15 is 0 Å². The van der Waals surface area contributed by atoms with Gasteiger partial charge in [-0.15, -0.1) is 0 Å². The van der Waals surface area contributed by atoms with E-state index in [0.717, 1.165) is 75.7 Å². The minimum Gasteiger partial charge on any atom is -0.480 e. The lowest BCUT2D eigenvalue weighted by Crippen LogP contribution is -2.47. The second kappa shape index (κ2) is 26.5. The molecule has 0 bridgehead atoms. The molecule has 0 aliphatic rings. The van der Waals surface area contributed by atoms with E-state index in [4.69, 9.17) is 19.3 Å². The van der Waals surface area contributed by atoms with Crippen molar-refractivity contribution in [1.29, 1.82) is 0 Å². The summed E-state index contributed by atoms with van der Waals surface area (Å²) >= 11 is 1.96. The molecule has 11 heteroatoms. The summed E-state index contributed by atoms with van der Waals surface area (Å²) in [7, 11) is 0. The number of carboxylic acids is 1. The summed E-state index contributed by atoms with van der Waals surface area (Å²) in [6.07, 6.45) is 12.1. The van der Waals surface area contributed by atoms with E-state index in [2.05, 4.69) is 17.6 Å². The van der Waals surface area contributed by atoms with Crippen LogP contribution in [-0.4, -0.2) is 85.0 Å². The van der Waals surface area contributed by atoms with Crippen molar-refractivity contribution in [2.24, 2.45) is 5.92 Å². The molecule has 0 heterocycles. The SMILES string of the molecule is CCCCC(C)(C)OC(=O)C(NC(=O)CCCCCCCSCCCCCC(=O)NCCOCCOCC(=O)O)C(C)C. The molecule has 0 fully saturated rings. The number of nitrogens with one attached hydrogen (secondary N) is 2. The molecule has 43 heavy (non-hydrogen) atoms. The number of amides is 2. The van der Waals surface area contributed by atoms with E-state index in [1.807, 2.05) is 39.5 Å². The molecular weight excluding hydrogens is 572 g/mol. The van der Waals surface area contributed by atoms with Gasteiger partial charge in [0, 0.05) is 19.4 Å². The highest BCUT2D eigenvalue weighted by Crippen LogP contribution is 2.20. The first-order valence-electron chi connectivity index (χ1n) is 16.2. The molecule has 0 aromatic rings. The highest BCUT2D eigenvalue weighted by molar-refractivity contribution is 7.99. The van der Waals surface area contributed by atoms with Crippen LogP contribution >= 0.6 is 11.8 Å². The molecule has 0 aliphatic heterocycles. The molecule has 0 saturated carbocycles. The predicted octanol–water partition coefficient (Wildman–Crippen LogP) is 5.51. The average Bonchev–Trinajstić information content (AvgIpc) is 2.93. The van der Waals surface area contributed by atoms with E-state index in [1.165, 1.54) is 6.42 Å². The van der Waals surface area contributed by atoms with Crippen LogP contribution in [0.2, 0.25) is 0 Å². The van der Waals surface area contributed by atoms with Crippen molar-refractivity contribution in [3.8, 4) is 0 Å². The number of esters is 1. The van der Waals surface area contributed by atoms with Crippen LogP contribution in [0.1, 0.15) is 118 Å². The van der Waals surface area contributed by atoms with Crippen molar-refractivity contribution >= 4 is 35.5 Å². The van der Waals surface area contributed by atoms with E-state index in [1.54, 1.807) is 0 Å². The van der Waals surface area contributed by atoms with Gasteiger partial charge in [-0.25, -0.2) is 9.59 Å². The van der Waals surface area contributed by atoms with E-state index in [-0.39, 0.29) is 36.9 Å². The van der Waals surface area contributed by atoms with Crippen LogP contribution in [0.15, 0.2) is 0 Å². The second-order valence-corrected chi connectivity index (χ2v) is 13.1. The van der Waals surface area contributed by atoms with Crippen LogP contribution in [0, 0.1) is 5.92 Å². The van der Waals surface area contributed by atoms with Crippen LogP contribution in [-0.2, 0) is 33.4 Å². The minimum atomic E-state index is -1.01. The van der Waals surface area contributed by atoms with Crippen molar-refractivity contribution < 1.29 is 38.5 Å². The summed E-state index contributed by atoms with van der Waals surface area (Å²) in [5.41, 5.74) is -0.524. The second-order valence-electron chi connectivity index (χ2n) is 11.9. The smallest absolute Gasteiger partial charge is 0.329 e. The lowest BCUT2D eigenvalue weighted by Gasteiger charge is -2.29. The molecular formula is C32H60N2O8S. The standard InChI is InChI=1S/C32H60N2O8S/c1-6-7-18-32(4,5)42-31(39)30(26(2)3)34-28(36)17-12-9-8-10-14-23-43-24-15-11-13-16-27(35)33-19-20-40-21-22-41-25-29(37)38/h26,30H,6-25H2,1-5H3,(H,33,35)(H,34,36)(H,37,38). The molecule has 0 aromatic carbocycles. The van der Waals surface area contributed by atoms with Gasteiger partial charge in [-0.05, 0) is 69.8 Å². The Hall–Kier alpha value is -1.85. The fraction of sp³-hybridized carbons (Fsp3) is 0.875. The van der Waals surface area contributed by atoms with Crippen molar-refractivity contribution in [3.05, 3.63) is 0 Å². The van der Waals surface area contributed by atoms with Gasteiger partial charge in [0.05, 0.1) is 19.8 Å². The number of hydrogen-bond acceptors (Lipinski definition) is 8. The number of ether oxygens (including phenoxy) is 3. The Morgan fingerprint density at radius 1 is 0.791 bits per heavy atom. The van der Waals surface area contributed by atoms with Crippen LogP contribution in [0.5, 0.6) is 0 Å². The van der Waals surface area contributed by atoms with Gasteiger partial charge >= 0.3 is 11.9 Å². The molecule has 1 unspecified atom stereocenters. The van der Waals surface area contributed by atoms with Gasteiger partial charge in [-0.3, -0.25) is 9.59 Å². The molecule has 1 atom stereocenters. The van der Waals surface area contributed by atoms with Gasteiger partial charge < -0.3 is 30.0 Å². The summed E-state index contributed by atoms with van der Waals surface area (Å²) in [6.45, 7) is 10.8. The number of aliphatic carboxylic acids is 1. The highest BCUT2D eigenvalue weighted by Gasteiger charge is 2.30.